The van der Waals surface area contributed by atoms with Crippen LogP contribution in [0.5, 0.6) is 0 Å². The highest BCUT2D eigenvalue weighted by atomic mass is 35.5. The third kappa shape index (κ3) is 7.12. The molecule has 35 heavy (non-hydrogen) atoms. The molecule has 0 aliphatic carbocycles. The SMILES string of the molecule is CC(=O)NC(CC(=O)OC(C(=O)Nc1ccc([N+](=O)[O-])cc1Cl)c1ccccc1)c1ccccc1. The zero-order valence-electron chi connectivity index (χ0n) is 18.6. The first-order chi connectivity index (χ1) is 16.7. The van der Waals surface area contributed by atoms with Crippen LogP contribution in [0.2, 0.25) is 5.02 Å². The quantitative estimate of drug-likeness (QED) is 0.251. The average Bonchev–Trinajstić information content (AvgIpc) is 2.84. The number of hydrogen-bond acceptors (Lipinski definition) is 6. The van der Waals surface area contributed by atoms with Gasteiger partial charge in [-0.15, -0.1) is 0 Å². The fraction of sp³-hybridized carbons (Fsp3) is 0.160. The normalized spacial score (nSPS) is 12.2. The minimum atomic E-state index is -1.33. The van der Waals surface area contributed by atoms with Crippen molar-refractivity contribution in [2.24, 2.45) is 0 Å². The number of nitrogens with one attached hydrogen (secondary N) is 2. The maximum atomic E-state index is 13.1. The molecule has 0 heterocycles. The Kier molecular flexibility index (Phi) is 8.53. The standard InChI is InChI=1S/C25H22ClN3O6/c1-16(30)27-22(17-8-4-2-5-9-17)15-23(31)35-24(18-10-6-3-7-11-18)25(32)28-21-13-12-19(29(33)34)14-20(21)26/h2-14,22,24H,15H2,1H3,(H,27,30)(H,28,32). The molecule has 2 amide bonds. The molecule has 0 aliphatic heterocycles. The van der Waals surface area contributed by atoms with Crippen LogP contribution < -0.4 is 10.6 Å². The maximum Gasteiger partial charge on any atom is 0.309 e. The van der Waals surface area contributed by atoms with Crippen LogP contribution in [-0.2, 0) is 19.1 Å². The lowest BCUT2D eigenvalue weighted by Gasteiger charge is -2.21. The number of anilines is 1. The molecular formula is C25H22ClN3O6. The molecule has 180 valence electrons. The number of carbonyl (C=O) groups is 3. The second kappa shape index (κ2) is 11.8. The summed E-state index contributed by atoms with van der Waals surface area (Å²) in [6, 6.07) is 20.2. The topological polar surface area (TPSA) is 128 Å². The van der Waals surface area contributed by atoms with E-state index in [1.165, 1.54) is 19.1 Å². The Hall–Kier alpha value is -4.24. The molecule has 0 radical (unpaired) electrons. The molecule has 0 saturated carbocycles. The summed E-state index contributed by atoms with van der Waals surface area (Å²) in [6.07, 6.45) is -1.54. The molecule has 0 fully saturated rings. The van der Waals surface area contributed by atoms with E-state index in [0.717, 1.165) is 6.07 Å². The van der Waals surface area contributed by atoms with E-state index in [1.807, 2.05) is 6.07 Å². The Morgan fingerprint density at radius 2 is 1.57 bits per heavy atom. The van der Waals surface area contributed by atoms with E-state index in [4.69, 9.17) is 16.3 Å². The van der Waals surface area contributed by atoms with Crippen LogP contribution in [0, 0.1) is 10.1 Å². The van der Waals surface area contributed by atoms with Gasteiger partial charge in [0.15, 0.2) is 0 Å². The molecule has 2 N–H and O–H groups in total. The van der Waals surface area contributed by atoms with Crippen molar-refractivity contribution in [2.45, 2.75) is 25.5 Å². The molecule has 0 aromatic heterocycles. The van der Waals surface area contributed by atoms with E-state index in [0.29, 0.717) is 11.1 Å². The smallest absolute Gasteiger partial charge is 0.309 e. The van der Waals surface area contributed by atoms with Crippen LogP contribution in [0.25, 0.3) is 0 Å². The molecule has 3 aromatic carbocycles. The highest BCUT2D eigenvalue weighted by molar-refractivity contribution is 6.34. The van der Waals surface area contributed by atoms with Gasteiger partial charge in [0.1, 0.15) is 0 Å². The number of rotatable bonds is 9. The van der Waals surface area contributed by atoms with Crippen LogP contribution in [-0.4, -0.2) is 22.7 Å². The third-order valence-electron chi connectivity index (χ3n) is 4.96. The fourth-order valence-corrected chi connectivity index (χ4v) is 3.57. The lowest BCUT2D eigenvalue weighted by Crippen LogP contribution is -2.31. The summed E-state index contributed by atoms with van der Waals surface area (Å²) in [6.45, 7) is 1.34. The minimum absolute atomic E-state index is 0.0412. The number of benzene rings is 3. The van der Waals surface area contributed by atoms with Crippen molar-refractivity contribution in [3.63, 3.8) is 0 Å². The van der Waals surface area contributed by atoms with Crippen LogP contribution in [0.1, 0.15) is 36.6 Å². The Morgan fingerprint density at radius 3 is 2.11 bits per heavy atom. The highest BCUT2D eigenvalue weighted by Gasteiger charge is 2.28. The van der Waals surface area contributed by atoms with Crippen molar-refractivity contribution in [1.82, 2.24) is 5.32 Å². The Bertz CT molecular complexity index is 1220. The van der Waals surface area contributed by atoms with Crippen molar-refractivity contribution in [1.29, 1.82) is 0 Å². The Balaban J connectivity index is 1.81. The zero-order chi connectivity index (χ0) is 25.4. The van der Waals surface area contributed by atoms with Gasteiger partial charge in [0, 0.05) is 24.6 Å². The minimum Gasteiger partial charge on any atom is -0.447 e. The number of esters is 1. The number of carbonyl (C=O) groups excluding carboxylic acids is 3. The first kappa shape index (κ1) is 25.4. The van der Waals surface area contributed by atoms with E-state index in [9.17, 15) is 24.5 Å². The predicted octanol–water partition coefficient (Wildman–Crippen LogP) is 4.74. The van der Waals surface area contributed by atoms with E-state index in [2.05, 4.69) is 10.6 Å². The maximum absolute atomic E-state index is 13.1. The Morgan fingerprint density at radius 1 is 0.971 bits per heavy atom. The molecule has 9 nitrogen and oxygen atoms in total. The van der Waals surface area contributed by atoms with Crippen LogP contribution in [0.3, 0.4) is 0 Å². The first-order valence-electron chi connectivity index (χ1n) is 10.6. The van der Waals surface area contributed by atoms with E-state index >= 15 is 0 Å². The van der Waals surface area contributed by atoms with Gasteiger partial charge in [-0.1, -0.05) is 72.3 Å². The lowest BCUT2D eigenvalue weighted by atomic mass is 10.0. The summed E-state index contributed by atoms with van der Waals surface area (Å²) < 4.78 is 5.55. The summed E-state index contributed by atoms with van der Waals surface area (Å²) in [5, 5.41) is 16.2. The number of hydrogen-bond donors (Lipinski definition) is 2. The molecule has 0 saturated heterocycles. The highest BCUT2D eigenvalue weighted by Crippen LogP contribution is 2.29. The second-order valence-corrected chi connectivity index (χ2v) is 7.97. The van der Waals surface area contributed by atoms with Gasteiger partial charge in [-0.3, -0.25) is 24.5 Å². The summed E-state index contributed by atoms with van der Waals surface area (Å²) in [5.74, 6) is -1.74. The molecule has 3 rings (SSSR count). The number of halogens is 1. The summed E-state index contributed by atoms with van der Waals surface area (Å²) in [5.41, 5.74) is 1.01. The molecule has 3 aromatic rings. The third-order valence-corrected chi connectivity index (χ3v) is 5.27. The van der Waals surface area contributed by atoms with Gasteiger partial charge >= 0.3 is 5.97 Å². The van der Waals surface area contributed by atoms with Crippen molar-refractivity contribution in [3.05, 3.63) is 105 Å². The van der Waals surface area contributed by atoms with Gasteiger partial charge in [0.2, 0.25) is 12.0 Å². The summed E-state index contributed by atoms with van der Waals surface area (Å²) in [7, 11) is 0. The van der Waals surface area contributed by atoms with Gasteiger partial charge in [0.05, 0.1) is 28.1 Å². The van der Waals surface area contributed by atoms with Crippen LogP contribution in [0.15, 0.2) is 78.9 Å². The number of amides is 2. The van der Waals surface area contributed by atoms with Gasteiger partial charge < -0.3 is 15.4 Å². The monoisotopic (exact) mass is 495 g/mol. The van der Waals surface area contributed by atoms with Crippen molar-refractivity contribution < 1.29 is 24.0 Å². The molecule has 2 atom stereocenters. The predicted molar refractivity (Wildman–Crippen MR) is 130 cm³/mol. The van der Waals surface area contributed by atoms with E-state index in [1.54, 1.807) is 54.6 Å². The Labute approximate surface area is 206 Å². The number of ether oxygens (including phenoxy) is 1. The van der Waals surface area contributed by atoms with Gasteiger partial charge in [0.25, 0.3) is 11.6 Å². The largest absolute Gasteiger partial charge is 0.447 e. The molecule has 10 heteroatoms. The van der Waals surface area contributed by atoms with Gasteiger partial charge in [-0.25, -0.2) is 0 Å². The molecule has 0 bridgehead atoms. The van der Waals surface area contributed by atoms with Crippen LogP contribution >= 0.6 is 11.6 Å². The van der Waals surface area contributed by atoms with E-state index in [-0.39, 0.29) is 28.7 Å². The number of nitro benzene ring substituents is 1. The molecule has 2 unspecified atom stereocenters. The summed E-state index contributed by atoms with van der Waals surface area (Å²) >= 11 is 6.09. The van der Waals surface area contributed by atoms with E-state index < -0.39 is 28.9 Å². The fourth-order valence-electron chi connectivity index (χ4n) is 3.35. The molecular weight excluding hydrogens is 474 g/mol. The lowest BCUT2D eigenvalue weighted by molar-refractivity contribution is -0.384. The first-order valence-corrected chi connectivity index (χ1v) is 10.9. The van der Waals surface area contributed by atoms with Crippen LogP contribution in [0.4, 0.5) is 11.4 Å². The van der Waals surface area contributed by atoms with Gasteiger partial charge in [-0.05, 0) is 11.6 Å². The average molecular weight is 496 g/mol. The number of nitrogens with zero attached hydrogens (tertiary/aromatic N) is 1. The van der Waals surface area contributed by atoms with Crippen molar-refractivity contribution >= 4 is 40.8 Å². The zero-order valence-corrected chi connectivity index (χ0v) is 19.4. The number of nitro groups is 1. The van der Waals surface area contributed by atoms with Crippen molar-refractivity contribution in [3.8, 4) is 0 Å². The molecule has 0 aliphatic rings. The van der Waals surface area contributed by atoms with Gasteiger partial charge in [-0.2, -0.15) is 0 Å². The number of non-ortho nitro benzene ring substituents is 1. The second-order valence-electron chi connectivity index (χ2n) is 7.56. The molecule has 0 spiro atoms. The van der Waals surface area contributed by atoms with Crippen molar-refractivity contribution in [2.75, 3.05) is 5.32 Å². The summed E-state index contributed by atoms with van der Waals surface area (Å²) in [4.78, 5) is 48.0.